The van der Waals surface area contributed by atoms with Crippen LogP contribution in [-0.2, 0) is 11.0 Å². The molecule has 3 nitrogen and oxygen atoms in total. The van der Waals surface area contributed by atoms with E-state index in [-0.39, 0.29) is 5.69 Å². The van der Waals surface area contributed by atoms with Crippen LogP contribution in [0.3, 0.4) is 0 Å². The Morgan fingerprint density at radius 1 is 1.12 bits per heavy atom. The van der Waals surface area contributed by atoms with Gasteiger partial charge in [0.15, 0.2) is 6.10 Å². The third-order valence-corrected chi connectivity index (χ3v) is 3.52. The van der Waals surface area contributed by atoms with Crippen LogP contribution in [-0.4, -0.2) is 12.0 Å². The molecule has 2 rings (SSSR count). The first-order valence-electron chi connectivity index (χ1n) is 7.52. The van der Waals surface area contributed by atoms with Crippen molar-refractivity contribution in [2.45, 2.75) is 32.5 Å². The lowest BCUT2D eigenvalue weighted by atomic mass is 10.1. The van der Waals surface area contributed by atoms with Gasteiger partial charge in [0.2, 0.25) is 0 Å². The lowest BCUT2D eigenvalue weighted by molar-refractivity contribution is -0.137. The zero-order chi connectivity index (χ0) is 17.7. The minimum absolute atomic E-state index is 0.276. The molecule has 0 aliphatic rings. The van der Waals surface area contributed by atoms with E-state index < -0.39 is 23.8 Å². The molecule has 0 saturated carbocycles. The first-order chi connectivity index (χ1) is 11.3. The molecule has 0 radical (unpaired) electrons. The summed E-state index contributed by atoms with van der Waals surface area (Å²) in [6, 6.07) is 12.0. The van der Waals surface area contributed by atoms with Gasteiger partial charge in [0.25, 0.3) is 5.91 Å². The number of ether oxygens (including phenoxy) is 1. The molecule has 0 unspecified atom stereocenters. The lowest BCUT2D eigenvalue weighted by Gasteiger charge is -2.20. The Labute approximate surface area is 138 Å². The molecule has 0 aromatic heterocycles. The number of para-hydroxylation sites is 2. The van der Waals surface area contributed by atoms with Gasteiger partial charge < -0.3 is 10.1 Å². The Morgan fingerprint density at radius 2 is 1.75 bits per heavy atom. The molecule has 0 aliphatic carbocycles. The number of alkyl halides is 3. The summed E-state index contributed by atoms with van der Waals surface area (Å²) in [4.78, 5) is 12.3. The number of hydrogen-bond donors (Lipinski definition) is 1. The van der Waals surface area contributed by atoms with Crippen LogP contribution in [0.15, 0.2) is 48.5 Å². The van der Waals surface area contributed by atoms with E-state index in [4.69, 9.17) is 4.74 Å². The highest BCUT2D eigenvalue weighted by Gasteiger charge is 2.34. The van der Waals surface area contributed by atoms with E-state index in [1.807, 2.05) is 19.1 Å². The molecule has 0 heterocycles. The van der Waals surface area contributed by atoms with Crippen LogP contribution in [0.5, 0.6) is 5.75 Å². The normalized spacial score (nSPS) is 12.5. The van der Waals surface area contributed by atoms with Crippen molar-refractivity contribution in [3.8, 4) is 5.75 Å². The van der Waals surface area contributed by atoms with Crippen LogP contribution >= 0.6 is 0 Å². The Hall–Kier alpha value is -2.50. The van der Waals surface area contributed by atoms with E-state index in [0.29, 0.717) is 12.2 Å². The number of rotatable bonds is 5. The highest BCUT2D eigenvalue weighted by Crippen LogP contribution is 2.34. The minimum Gasteiger partial charge on any atom is -0.480 e. The van der Waals surface area contributed by atoms with E-state index >= 15 is 0 Å². The Balaban J connectivity index is 2.18. The van der Waals surface area contributed by atoms with E-state index in [0.717, 1.165) is 11.6 Å². The van der Waals surface area contributed by atoms with Crippen LogP contribution < -0.4 is 10.1 Å². The number of benzene rings is 2. The largest absolute Gasteiger partial charge is 0.480 e. The van der Waals surface area contributed by atoms with Gasteiger partial charge >= 0.3 is 6.18 Å². The SMILES string of the molecule is CC[C@H](Oc1ccccc1C)C(=O)Nc1ccccc1C(F)(F)F. The van der Waals surface area contributed by atoms with Crippen molar-refractivity contribution in [1.29, 1.82) is 0 Å². The fourth-order valence-corrected chi connectivity index (χ4v) is 2.22. The van der Waals surface area contributed by atoms with E-state index in [2.05, 4.69) is 5.32 Å². The average molecular weight is 337 g/mol. The maximum atomic E-state index is 13.0. The maximum Gasteiger partial charge on any atom is 0.418 e. The third-order valence-electron chi connectivity index (χ3n) is 3.52. The number of hydrogen-bond acceptors (Lipinski definition) is 2. The maximum absolute atomic E-state index is 13.0. The first-order valence-corrected chi connectivity index (χ1v) is 7.52. The number of halogens is 3. The van der Waals surface area contributed by atoms with Crippen molar-refractivity contribution >= 4 is 11.6 Å². The van der Waals surface area contributed by atoms with E-state index in [9.17, 15) is 18.0 Å². The summed E-state index contributed by atoms with van der Waals surface area (Å²) in [5.41, 5.74) is -0.314. The van der Waals surface area contributed by atoms with Crippen LogP contribution in [0, 0.1) is 6.92 Å². The summed E-state index contributed by atoms with van der Waals surface area (Å²) >= 11 is 0. The molecular formula is C18H18F3NO2. The zero-order valence-corrected chi connectivity index (χ0v) is 13.4. The van der Waals surface area contributed by atoms with E-state index in [1.54, 1.807) is 19.1 Å². The summed E-state index contributed by atoms with van der Waals surface area (Å²) in [6.45, 7) is 3.57. The Bertz CT molecular complexity index is 713. The second kappa shape index (κ2) is 7.38. The monoisotopic (exact) mass is 337 g/mol. The summed E-state index contributed by atoms with van der Waals surface area (Å²) < 4.78 is 44.7. The molecule has 2 aromatic rings. The average Bonchev–Trinajstić information content (AvgIpc) is 2.53. The van der Waals surface area contributed by atoms with Crippen LogP contribution in [0.25, 0.3) is 0 Å². The van der Waals surface area contributed by atoms with Gasteiger partial charge in [-0.05, 0) is 37.1 Å². The highest BCUT2D eigenvalue weighted by molar-refractivity contribution is 5.95. The number of amides is 1. The van der Waals surface area contributed by atoms with Crippen molar-refractivity contribution in [3.63, 3.8) is 0 Å². The number of carbonyl (C=O) groups is 1. The molecule has 0 saturated heterocycles. The minimum atomic E-state index is -4.54. The molecule has 1 atom stereocenters. The number of carbonyl (C=O) groups excluding carboxylic acids is 1. The van der Waals surface area contributed by atoms with Gasteiger partial charge in [0.1, 0.15) is 5.75 Å². The first kappa shape index (κ1) is 17.8. The van der Waals surface area contributed by atoms with Gasteiger partial charge in [-0.2, -0.15) is 13.2 Å². The predicted molar refractivity (Wildman–Crippen MR) is 86.0 cm³/mol. The molecule has 1 N–H and O–H groups in total. The van der Waals surface area contributed by atoms with Crippen LogP contribution in [0.1, 0.15) is 24.5 Å². The van der Waals surface area contributed by atoms with Gasteiger partial charge in [0, 0.05) is 0 Å². The van der Waals surface area contributed by atoms with Crippen molar-refractivity contribution in [1.82, 2.24) is 0 Å². The molecule has 2 aromatic carbocycles. The topological polar surface area (TPSA) is 38.3 Å². The van der Waals surface area contributed by atoms with Gasteiger partial charge in [-0.1, -0.05) is 37.3 Å². The van der Waals surface area contributed by atoms with Gasteiger partial charge in [-0.15, -0.1) is 0 Å². The van der Waals surface area contributed by atoms with Crippen molar-refractivity contribution in [3.05, 3.63) is 59.7 Å². The standard InChI is InChI=1S/C18H18F3NO2/c1-3-15(24-16-11-7-4-8-12(16)2)17(23)22-14-10-6-5-9-13(14)18(19,20)21/h4-11,15H,3H2,1-2H3,(H,22,23)/t15-/m0/s1. The number of aryl methyl sites for hydroxylation is 1. The van der Waals surface area contributed by atoms with Crippen molar-refractivity contribution in [2.75, 3.05) is 5.32 Å². The summed E-state index contributed by atoms with van der Waals surface area (Å²) in [5.74, 6) is -0.0824. The predicted octanol–water partition coefficient (Wildman–Crippen LogP) is 4.81. The third kappa shape index (κ3) is 4.28. The molecule has 0 bridgehead atoms. The fourth-order valence-electron chi connectivity index (χ4n) is 2.22. The van der Waals surface area contributed by atoms with E-state index in [1.165, 1.54) is 18.2 Å². The second-order valence-corrected chi connectivity index (χ2v) is 5.31. The molecule has 128 valence electrons. The number of nitrogens with one attached hydrogen (secondary N) is 1. The van der Waals surface area contributed by atoms with Gasteiger partial charge in [-0.3, -0.25) is 4.79 Å². The quantitative estimate of drug-likeness (QED) is 0.850. The lowest BCUT2D eigenvalue weighted by Crippen LogP contribution is -2.33. The molecular weight excluding hydrogens is 319 g/mol. The number of anilines is 1. The smallest absolute Gasteiger partial charge is 0.418 e. The van der Waals surface area contributed by atoms with Crippen molar-refractivity contribution < 1.29 is 22.7 Å². The van der Waals surface area contributed by atoms with Crippen LogP contribution in [0.4, 0.5) is 18.9 Å². The molecule has 0 fully saturated rings. The molecule has 24 heavy (non-hydrogen) atoms. The fraction of sp³-hybridized carbons (Fsp3) is 0.278. The summed E-state index contributed by atoms with van der Waals surface area (Å²) in [5, 5.41) is 2.32. The highest BCUT2D eigenvalue weighted by atomic mass is 19.4. The summed E-state index contributed by atoms with van der Waals surface area (Å²) in [6.07, 6.45) is -5.09. The second-order valence-electron chi connectivity index (χ2n) is 5.31. The van der Waals surface area contributed by atoms with Gasteiger partial charge in [-0.25, -0.2) is 0 Å². The molecule has 6 heteroatoms. The molecule has 0 spiro atoms. The molecule has 0 aliphatic heterocycles. The Morgan fingerprint density at radius 3 is 2.38 bits per heavy atom. The van der Waals surface area contributed by atoms with Crippen LogP contribution in [0.2, 0.25) is 0 Å². The Kier molecular flexibility index (Phi) is 5.49. The van der Waals surface area contributed by atoms with Crippen molar-refractivity contribution in [2.24, 2.45) is 0 Å². The van der Waals surface area contributed by atoms with Gasteiger partial charge in [0.05, 0.1) is 11.3 Å². The zero-order valence-electron chi connectivity index (χ0n) is 13.4. The molecule has 1 amide bonds. The summed E-state index contributed by atoms with van der Waals surface area (Å²) in [7, 11) is 0.